The molecule has 1 aromatic carbocycles. The van der Waals surface area contributed by atoms with Gasteiger partial charge in [0, 0.05) is 6.42 Å². The monoisotopic (exact) mass is 228 g/mol. The number of benzene rings is 1. The molecule has 1 aromatic rings. The smallest absolute Gasteiger partial charge is 0.303 e. The maximum Gasteiger partial charge on any atom is 0.303 e. The number of carboxylic acids is 1. The van der Waals surface area contributed by atoms with Crippen LogP contribution in [0.3, 0.4) is 0 Å². The van der Waals surface area contributed by atoms with Gasteiger partial charge in [0.25, 0.3) is 0 Å². The van der Waals surface area contributed by atoms with E-state index in [1.165, 1.54) is 0 Å². The van der Waals surface area contributed by atoms with Gasteiger partial charge in [-0.15, -0.1) is 0 Å². The van der Waals surface area contributed by atoms with Crippen molar-refractivity contribution in [3.8, 4) is 5.75 Å². The van der Waals surface area contributed by atoms with Crippen LogP contribution in [0.5, 0.6) is 5.75 Å². The van der Waals surface area contributed by atoms with Crippen LogP contribution in [-0.4, -0.2) is 18.2 Å². The Bertz CT molecular complexity index is 351. The van der Waals surface area contributed by atoms with Gasteiger partial charge in [-0.3, -0.25) is 4.79 Å². The molecule has 0 heterocycles. The molecule has 82 valence electrons. The first kappa shape index (κ1) is 11.9. The topological polar surface area (TPSA) is 46.5 Å². The lowest BCUT2D eigenvalue weighted by Crippen LogP contribution is -1.98. The third-order valence-electron chi connectivity index (χ3n) is 2.12. The van der Waals surface area contributed by atoms with Crippen LogP contribution in [0.4, 0.5) is 0 Å². The second-order valence-corrected chi connectivity index (χ2v) is 3.73. The molecule has 0 unspecified atom stereocenters. The molecule has 3 nitrogen and oxygen atoms in total. The van der Waals surface area contributed by atoms with Gasteiger partial charge in [0.2, 0.25) is 0 Å². The van der Waals surface area contributed by atoms with E-state index in [0.717, 1.165) is 11.1 Å². The molecule has 0 fully saturated rings. The van der Waals surface area contributed by atoms with E-state index < -0.39 is 5.97 Å². The molecule has 0 radical (unpaired) electrons. The summed E-state index contributed by atoms with van der Waals surface area (Å²) in [6.45, 7) is 1.88. The standard InChI is InChI=1S/C11H13ClO3/c1-7-5-8(3-4-10(13)14)6-9(12)11(7)15-2/h5-6H,3-4H2,1-2H3,(H,13,14). The number of halogens is 1. The largest absolute Gasteiger partial charge is 0.495 e. The Labute approximate surface area is 93.6 Å². The molecule has 0 saturated carbocycles. The number of aliphatic carboxylic acids is 1. The molecule has 0 aliphatic rings. The lowest BCUT2D eigenvalue weighted by Gasteiger charge is -2.09. The predicted octanol–water partition coefficient (Wildman–Crippen LogP) is 2.67. The SMILES string of the molecule is COc1c(C)cc(CCC(=O)O)cc1Cl. The molecule has 15 heavy (non-hydrogen) atoms. The average molecular weight is 229 g/mol. The Morgan fingerprint density at radius 3 is 2.67 bits per heavy atom. The Morgan fingerprint density at radius 2 is 2.20 bits per heavy atom. The molecule has 4 heteroatoms. The zero-order valence-corrected chi connectivity index (χ0v) is 9.47. The summed E-state index contributed by atoms with van der Waals surface area (Å²) in [7, 11) is 1.56. The number of hydrogen-bond acceptors (Lipinski definition) is 2. The van der Waals surface area contributed by atoms with E-state index in [0.29, 0.717) is 17.2 Å². The van der Waals surface area contributed by atoms with Crippen LogP contribution in [0.1, 0.15) is 17.5 Å². The van der Waals surface area contributed by atoms with E-state index >= 15 is 0 Å². The first-order chi connectivity index (χ1) is 7.04. The van der Waals surface area contributed by atoms with Crippen LogP contribution in [0.15, 0.2) is 12.1 Å². The number of carbonyl (C=O) groups is 1. The lowest BCUT2D eigenvalue weighted by atomic mass is 10.1. The summed E-state index contributed by atoms with van der Waals surface area (Å²) in [6, 6.07) is 3.64. The van der Waals surface area contributed by atoms with Crippen molar-refractivity contribution in [2.24, 2.45) is 0 Å². The van der Waals surface area contributed by atoms with Gasteiger partial charge < -0.3 is 9.84 Å². The molecule has 0 aliphatic heterocycles. The average Bonchev–Trinajstić information content (AvgIpc) is 2.14. The van der Waals surface area contributed by atoms with Crippen LogP contribution in [0, 0.1) is 6.92 Å². The summed E-state index contributed by atoms with van der Waals surface area (Å²) in [5.41, 5.74) is 1.84. The van der Waals surface area contributed by atoms with Gasteiger partial charge in [0.05, 0.1) is 12.1 Å². The zero-order valence-electron chi connectivity index (χ0n) is 8.71. The van der Waals surface area contributed by atoms with Crippen LogP contribution in [0.25, 0.3) is 0 Å². The first-order valence-electron chi connectivity index (χ1n) is 4.59. The van der Waals surface area contributed by atoms with Crippen molar-refractivity contribution < 1.29 is 14.6 Å². The van der Waals surface area contributed by atoms with Crippen molar-refractivity contribution in [2.45, 2.75) is 19.8 Å². The van der Waals surface area contributed by atoms with Crippen molar-refractivity contribution in [1.29, 1.82) is 0 Å². The fourth-order valence-electron chi connectivity index (χ4n) is 1.46. The third-order valence-corrected chi connectivity index (χ3v) is 2.40. The van der Waals surface area contributed by atoms with E-state index in [2.05, 4.69) is 0 Å². The highest BCUT2D eigenvalue weighted by molar-refractivity contribution is 6.32. The quantitative estimate of drug-likeness (QED) is 0.862. The third kappa shape index (κ3) is 3.13. The van der Waals surface area contributed by atoms with Gasteiger partial charge in [-0.1, -0.05) is 17.7 Å². The highest BCUT2D eigenvalue weighted by atomic mass is 35.5. The van der Waals surface area contributed by atoms with E-state index in [-0.39, 0.29) is 6.42 Å². The van der Waals surface area contributed by atoms with Crippen molar-refractivity contribution in [1.82, 2.24) is 0 Å². The maximum atomic E-state index is 10.4. The number of rotatable bonds is 4. The Kier molecular flexibility index (Phi) is 3.97. The lowest BCUT2D eigenvalue weighted by molar-refractivity contribution is -0.136. The Morgan fingerprint density at radius 1 is 1.53 bits per heavy atom. The fourth-order valence-corrected chi connectivity index (χ4v) is 1.82. The van der Waals surface area contributed by atoms with Crippen molar-refractivity contribution in [3.05, 3.63) is 28.3 Å². The number of aryl methyl sites for hydroxylation is 2. The molecule has 1 rings (SSSR count). The minimum atomic E-state index is -0.806. The number of carboxylic acid groups (broad SMARTS) is 1. The second-order valence-electron chi connectivity index (χ2n) is 3.32. The number of ether oxygens (including phenoxy) is 1. The van der Waals surface area contributed by atoms with Gasteiger partial charge in [-0.05, 0) is 30.5 Å². The fraction of sp³-hybridized carbons (Fsp3) is 0.364. The molecule has 0 aliphatic carbocycles. The minimum absolute atomic E-state index is 0.113. The highest BCUT2D eigenvalue weighted by Gasteiger charge is 2.07. The van der Waals surface area contributed by atoms with E-state index in [9.17, 15) is 4.79 Å². The highest BCUT2D eigenvalue weighted by Crippen LogP contribution is 2.29. The summed E-state index contributed by atoms with van der Waals surface area (Å²) in [4.78, 5) is 10.4. The minimum Gasteiger partial charge on any atom is -0.495 e. The molecule has 0 amide bonds. The van der Waals surface area contributed by atoms with Gasteiger partial charge >= 0.3 is 5.97 Å². The zero-order chi connectivity index (χ0) is 11.4. The van der Waals surface area contributed by atoms with Crippen LogP contribution in [0.2, 0.25) is 5.02 Å². The Hall–Kier alpha value is -1.22. The second kappa shape index (κ2) is 5.03. The van der Waals surface area contributed by atoms with Gasteiger partial charge in [-0.2, -0.15) is 0 Å². The Balaban J connectivity index is 2.88. The molecule has 0 aromatic heterocycles. The molecule has 0 bridgehead atoms. The molecular weight excluding hydrogens is 216 g/mol. The molecule has 0 saturated heterocycles. The van der Waals surface area contributed by atoms with E-state index in [4.69, 9.17) is 21.4 Å². The first-order valence-corrected chi connectivity index (χ1v) is 4.97. The van der Waals surface area contributed by atoms with Crippen molar-refractivity contribution in [2.75, 3.05) is 7.11 Å². The van der Waals surface area contributed by atoms with E-state index in [1.807, 2.05) is 13.0 Å². The number of hydrogen-bond donors (Lipinski definition) is 1. The molecular formula is C11H13ClO3. The summed E-state index contributed by atoms with van der Waals surface area (Å²) in [5.74, 6) is -0.157. The van der Waals surface area contributed by atoms with E-state index in [1.54, 1.807) is 13.2 Å². The summed E-state index contributed by atoms with van der Waals surface area (Å²) < 4.78 is 5.11. The normalized spacial score (nSPS) is 10.1. The van der Waals surface area contributed by atoms with Crippen LogP contribution < -0.4 is 4.74 Å². The van der Waals surface area contributed by atoms with Gasteiger partial charge in [-0.25, -0.2) is 0 Å². The van der Waals surface area contributed by atoms with Crippen molar-refractivity contribution in [3.63, 3.8) is 0 Å². The summed E-state index contributed by atoms with van der Waals surface area (Å²) in [6.07, 6.45) is 0.599. The molecule has 0 atom stereocenters. The maximum absolute atomic E-state index is 10.4. The van der Waals surface area contributed by atoms with Crippen LogP contribution in [-0.2, 0) is 11.2 Å². The predicted molar refractivity (Wildman–Crippen MR) is 58.7 cm³/mol. The van der Waals surface area contributed by atoms with Crippen molar-refractivity contribution >= 4 is 17.6 Å². The van der Waals surface area contributed by atoms with Gasteiger partial charge in [0.15, 0.2) is 0 Å². The van der Waals surface area contributed by atoms with Gasteiger partial charge in [0.1, 0.15) is 5.75 Å². The molecule has 0 spiro atoms. The summed E-state index contributed by atoms with van der Waals surface area (Å²) >= 11 is 5.98. The number of methoxy groups -OCH3 is 1. The molecule has 1 N–H and O–H groups in total. The van der Waals surface area contributed by atoms with Crippen LogP contribution >= 0.6 is 11.6 Å². The summed E-state index contributed by atoms with van der Waals surface area (Å²) in [5, 5.41) is 9.08.